The van der Waals surface area contributed by atoms with Crippen LogP contribution in [0.25, 0.3) is 0 Å². The SMILES string of the molecule is CN=C(NCCc1cccs1)NCCS(=O)(=O)NCc1ccccc1. The number of hydrogen-bond donors (Lipinski definition) is 3. The van der Waals surface area contributed by atoms with Gasteiger partial charge in [-0.2, -0.15) is 0 Å². The van der Waals surface area contributed by atoms with Crippen molar-refractivity contribution in [1.29, 1.82) is 0 Å². The summed E-state index contributed by atoms with van der Waals surface area (Å²) < 4.78 is 26.7. The first-order chi connectivity index (χ1) is 12.1. The molecule has 0 atom stereocenters. The Hall–Kier alpha value is -1.90. The Morgan fingerprint density at radius 1 is 1.08 bits per heavy atom. The number of nitrogens with one attached hydrogen (secondary N) is 3. The average molecular weight is 381 g/mol. The van der Waals surface area contributed by atoms with Crippen LogP contribution < -0.4 is 15.4 Å². The van der Waals surface area contributed by atoms with E-state index in [2.05, 4.69) is 31.8 Å². The van der Waals surface area contributed by atoms with Gasteiger partial charge in [-0.05, 0) is 23.4 Å². The van der Waals surface area contributed by atoms with Crippen molar-refractivity contribution in [3.05, 3.63) is 58.3 Å². The van der Waals surface area contributed by atoms with Gasteiger partial charge in [0.1, 0.15) is 0 Å². The van der Waals surface area contributed by atoms with Crippen LogP contribution in [0.3, 0.4) is 0 Å². The van der Waals surface area contributed by atoms with Crippen LogP contribution in [0.4, 0.5) is 0 Å². The van der Waals surface area contributed by atoms with Gasteiger partial charge in [0, 0.05) is 31.6 Å². The molecule has 25 heavy (non-hydrogen) atoms. The lowest BCUT2D eigenvalue weighted by Crippen LogP contribution is -2.41. The van der Waals surface area contributed by atoms with Gasteiger partial charge in [0.05, 0.1) is 5.75 Å². The van der Waals surface area contributed by atoms with Gasteiger partial charge in [0.2, 0.25) is 10.0 Å². The highest BCUT2D eigenvalue weighted by atomic mass is 32.2. The Labute approximate surface area is 153 Å². The third-order valence-electron chi connectivity index (χ3n) is 3.47. The zero-order valence-electron chi connectivity index (χ0n) is 14.2. The molecule has 0 unspecified atom stereocenters. The summed E-state index contributed by atoms with van der Waals surface area (Å²) >= 11 is 1.72. The lowest BCUT2D eigenvalue weighted by molar-refractivity contribution is 0.580. The second-order valence-electron chi connectivity index (χ2n) is 5.38. The third kappa shape index (κ3) is 7.68. The van der Waals surface area contributed by atoms with Crippen molar-refractivity contribution in [3.8, 4) is 0 Å². The molecule has 6 nitrogen and oxygen atoms in total. The van der Waals surface area contributed by atoms with E-state index in [1.165, 1.54) is 4.88 Å². The number of guanidine groups is 1. The molecule has 0 saturated heterocycles. The standard InChI is InChI=1S/C17H24N4O2S2/c1-18-17(19-10-9-16-8-5-12-24-16)20-11-13-25(22,23)21-14-15-6-3-2-4-7-15/h2-8,12,21H,9-11,13-14H2,1H3,(H2,18,19,20). The molecule has 0 amide bonds. The molecule has 3 N–H and O–H groups in total. The smallest absolute Gasteiger partial charge is 0.213 e. The Balaban J connectivity index is 1.66. The lowest BCUT2D eigenvalue weighted by atomic mass is 10.2. The van der Waals surface area contributed by atoms with Crippen LogP contribution >= 0.6 is 11.3 Å². The van der Waals surface area contributed by atoms with Crippen molar-refractivity contribution in [2.75, 3.05) is 25.9 Å². The van der Waals surface area contributed by atoms with E-state index in [0.717, 1.165) is 18.5 Å². The van der Waals surface area contributed by atoms with Crippen molar-refractivity contribution in [1.82, 2.24) is 15.4 Å². The van der Waals surface area contributed by atoms with E-state index in [1.54, 1.807) is 18.4 Å². The first-order valence-electron chi connectivity index (χ1n) is 8.07. The Bertz CT molecular complexity index is 744. The van der Waals surface area contributed by atoms with Gasteiger partial charge in [0.25, 0.3) is 0 Å². The summed E-state index contributed by atoms with van der Waals surface area (Å²) in [5.74, 6) is 0.598. The molecule has 2 aromatic rings. The minimum absolute atomic E-state index is 0.00847. The van der Waals surface area contributed by atoms with E-state index in [0.29, 0.717) is 19.0 Å². The number of rotatable bonds is 9. The first-order valence-corrected chi connectivity index (χ1v) is 10.6. The largest absolute Gasteiger partial charge is 0.356 e. The van der Waals surface area contributed by atoms with Crippen molar-refractivity contribution >= 4 is 27.3 Å². The molecule has 1 aromatic carbocycles. The number of nitrogens with zero attached hydrogens (tertiary/aromatic N) is 1. The van der Waals surface area contributed by atoms with Gasteiger partial charge < -0.3 is 10.6 Å². The molecule has 0 aliphatic heterocycles. The van der Waals surface area contributed by atoms with Gasteiger partial charge >= 0.3 is 0 Å². The van der Waals surface area contributed by atoms with E-state index in [4.69, 9.17) is 0 Å². The zero-order valence-corrected chi connectivity index (χ0v) is 15.9. The third-order valence-corrected chi connectivity index (χ3v) is 5.73. The van der Waals surface area contributed by atoms with Crippen LogP contribution in [0.15, 0.2) is 52.8 Å². The molecule has 0 spiro atoms. The minimum atomic E-state index is -3.33. The van der Waals surface area contributed by atoms with Crippen LogP contribution in [-0.2, 0) is 23.0 Å². The molecular formula is C17H24N4O2S2. The Morgan fingerprint density at radius 2 is 1.84 bits per heavy atom. The Morgan fingerprint density at radius 3 is 2.52 bits per heavy atom. The fourth-order valence-corrected chi connectivity index (χ4v) is 3.76. The van der Waals surface area contributed by atoms with Crippen LogP contribution in [0, 0.1) is 0 Å². The molecule has 136 valence electrons. The van der Waals surface area contributed by atoms with E-state index in [9.17, 15) is 8.42 Å². The number of sulfonamides is 1. The maximum atomic E-state index is 12.0. The molecule has 1 heterocycles. The molecule has 0 saturated carbocycles. The average Bonchev–Trinajstić information content (AvgIpc) is 3.13. The predicted molar refractivity (Wildman–Crippen MR) is 104 cm³/mol. The number of benzene rings is 1. The number of hydrogen-bond acceptors (Lipinski definition) is 4. The maximum Gasteiger partial charge on any atom is 0.213 e. The molecule has 0 fully saturated rings. The highest BCUT2D eigenvalue weighted by molar-refractivity contribution is 7.89. The normalized spacial score (nSPS) is 12.1. The monoisotopic (exact) mass is 380 g/mol. The van der Waals surface area contributed by atoms with Gasteiger partial charge in [0.15, 0.2) is 5.96 Å². The van der Waals surface area contributed by atoms with E-state index >= 15 is 0 Å². The molecule has 0 radical (unpaired) electrons. The molecule has 0 aliphatic carbocycles. The molecule has 0 bridgehead atoms. The second-order valence-corrected chi connectivity index (χ2v) is 8.34. The van der Waals surface area contributed by atoms with Gasteiger partial charge in [-0.15, -0.1) is 11.3 Å². The minimum Gasteiger partial charge on any atom is -0.356 e. The predicted octanol–water partition coefficient (Wildman–Crippen LogP) is 1.58. The van der Waals surface area contributed by atoms with Crippen molar-refractivity contribution < 1.29 is 8.42 Å². The van der Waals surface area contributed by atoms with Crippen molar-refractivity contribution in [2.24, 2.45) is 4.99 Å². The first kappa shape index (κ1) is 19.4. The molecule has 2 rings (SSSR count). The van der Waals surface area contributed by atoms with E-state index < -0.39 is 10.0 Å². The molecule has 8 heteroatoms. The van der Waals surface area contributed by atoms with Gasteiger partial charge in [-0.3, -0.25) is 4.99 Å². The van der Waals surface area contributed by atoms with Gasteiger partial charge in [-0.1, -0.05) is 36.4 Å². The summed E-state index contributed by atoms with van der Waals surface area (Å²) in [6.45, 7) is 1.35. The lowest BCUT2D eigenvalue weighted by Gasteiger charge is -2.12. The molecule has 0 aliphatic rings. The molecular weight excluding hydrogens is 356 g/mol. The van der Waals surface area contributed by atoms with Crippen LogP contribution in [0.1, 0.15) is 10.4 Å². The summed E-state index contributed by atoms with van der Waals surface area (Å²) in [5, 5.41) is 8.26. The fourth-order valence-electron chi connectivity index (χ4n) is 2.14. The summed E-state index contributed by atoms with van der Waals surface area (Å²) in [5.41, 5.74) is 0.935. The summed E-state index contributed by atoms with van der Waals surface area (Å²) in [6, 6.07) is 13.6. The summed E-state index contributed by atoms with van der Waals surface area (Å²) in [7, 11) is -1.66. The quantitative estimate of drug-likeness (QED) is 0.456. The van der Waals surface area contributed by atoms with Crippen molar-refractivity contribution in [3.63, 3.8) is 0 Å². The maximum absolute atomic E-state index is 12.0. The molecule has 1 aromatic heterocycles. The second kappa shape index (κ2) is 10.2. The van der Waals surface area contributed by atoms with Crippen molar-refractivity contribution in [2.45, 2.75) is 13.0 Å². The number of thiophene rings is 1. The zero-order chi connectivity index (χ0) is 18.0. The highest BCUT2D eigenvalue weighted by Crippen LogP contribution is 2.07. The Kier molecular flexibility index (Phi) is 7.90. The fraction of sp³-hybridized carbons (Fsp3) is 0.353. The topological polar surface area (TPSA) is 82.6 Å². The highest BCUT2D eigenvalue weighted by Gasteiger charge is 2.10. The summed E-state index contributed by atoms with van der Waals surface area (Å²) in [4.78, 5) is 5.40. The number of aliphatic imine (C=N–C) groups is 1. The van der Waals surface area contributed by atoms with E-state index in [-0.39, 0.29) is 5.75 Å². The van der Waals surface area contributed by atoms with Crippen LogP contribution in [0.5, 0.6) is 0 Å². The van der Waals surface area contributed by atoms with Crippen LogP contribution in [-0.4, -0.2) is 40.3 Å². The van der Waals surface area contributed by atoms with E-state index in [1.807, 2.05) is 36.4 Å². The van der Waals surface area contributed by atoms with Crippen LogP contribution in [0.2, 0.25) is 0 Å². The van der Waals surface area contributed by atoms with Gasteiger partial charge in [-0.25, -0.2) is 13.1 Å². The summed E-state index contributed by atoms with van der Waals surface area (Å²) in [6.07, 6.45) is 0.912.